The van der Waals surface area contributed by atoms with Crippen LogP contribution in [-0.2, 0) is 9.53 Å². The van der Waals surface area contributed by atoms with Crippen molar-refractivity contribution in [3.05, 3.63) is 54.3 Å². The topological polar surface area (TPSA) is 50.4 Å². The molecule has 1 aliphatic carbocycles. The van der Waals surface area contributed by atoms with Gasteiger partial charge in [-0.05, 0) is 24.3 Å². The average molecular weight is 312 g/mol. The molecule has 0 fully saturated rings. The van der Waals surface area contributed by atoms with E-state index >= 15 is 0 Å². The van der Waals surface area contributed by atoms with Crippen molar-refractivity contribution in [2.45, 2.75) is 25.1 Å². The molecule has 1 aromatic rings. The molecule has 1 aromatic carbocycles. The first kappa shape index (κ1) is 15.9. The summed E-state index contributed by atoms with van der Waals surface area (Å²) in [4.78, 5) is 11.0. The molecule has 1 unspecified atom stereocenters. The van der Waals surface area contributed by atoms with Crippen molar-refractivity contribution >= 4 is 11.7 Å². The molecule has 118 valence electrons. The molecule has 0 radical (unpaired) electrons. The van der Waals surface area contributed by atoms with Crippen molar-refractivity contribution in [2.24, 2.45) is 0 Å². The van der Waals surface area contributed by atoms with Gasteiger partial charge in [0.25, 0.3) is 0 Å². The number of carbonyl (C=O) groups is 1. The maximum Gasteiger partial charge on any atom is 0.432 e. The van der Waals surface area contributed by atoms with Crippen LogP contribution in [0.15, 0.2) is 54.3 Å². The van der Waals surface area contributed by atoms with Crippen LogP contribution >= 0.6 is 0 Å². The normalized spacial score (nSPS) is 21.0. The Morgan fingerprint density at radius 2 is 1.91 bits per heavy atom. The second-order valence-electron chi connectivity index (χ2n) is 4.79. The van der Waals surface area contributed by atoms with E-state index in [0.29, 0.717) is 5.70 Å². The van der Waals surface area contributed by atoms with E-state index in [9.17, 15) is 18.0 Å². The molecule has 4 nitrogen and oxygen atoms in total. The summed E-state index contributed by atoms with van der Waals surface area (Å²) in [7, 11) is 0. The van der Waals surface area contributed by atoms with Crippen LogP contribution in [0.2, 0.25) is 0 Å². The summed E-state index contributed by atoms with van der Waals surface area (Å²) in [6.07, 6.45) is -1.75. The van der Waals surface area contributed by atoms with Gasteiger partial charge < -0.3 is 15.6 Å². The largest absolute Gasteiger partial charge is 0.445 e. The zero-order chi connectivity index (χ0) is 16.2. The molecule has 1 aliphatic rings. The Bertz CT molecular complexity index is 597. The van der Waals surface area contributed by atoms with Gasteiger partial charge in [0.1, 0.15) is 0 Å². The van der Waals surface area contributed by atoms with Crippen LogP contribution in [0.5, 0.6) is 0 Å². The monoisotopic (exact) mass is 312 g/mol. The van der Waals surface area contributed by atoms with Crippen LogP contribution in [0.25, 0.3) is 0 Å². The number of para-hydroxylation sites is 1. The third-order valence-electron chi connectivity index (χ3n) is 3.09. The number of hydrogen-bond acceptors (Lipinski definition) is 4. The Hall–Kier alpha value is -2.44. The van der Waals surface area contributed by atoms with Gasteiger partial charge in [0.05, 0.1) is 5.69 Å². The first-order chi connectivity index (χ1) is 10.3. The Balaban J connectivity index is 2.04. The quantitative estimate of drug-likeness (QED) is 0.661. The van der Waals surface area contributed by atoms with Crippen LogP contribution in [-0.4, -0.2) is 17.7 Å². The minimum absolute atomic E-state index is 0.455. The predicted molar refractivity (Wildman–Crippen MR) is 75.6 cm³/mol. The number of allylic oxidation sites excluding steroid dienone is 1. The smallest absolute Gasteiger partial charge is 0.432 e. The number of hydrazine groups is 1. The number of benzene rings is 1. The zero-order valence-corrected chi connectivity index (χ0v) is 11.8. The van der Waals surface area contributed by atoms with Crippen molar-refractivity contribution in [1.29, 1.82) is 0 Å². The van der Waals surface area contributed by atoms with Gasteiger partial charge in [-0.25, -0.2) is 0 Å². The summed E-state index contributed by atoms with van der Waals surface area (Å²) in [5, 5.41) is 0. The lowest BCUT2D eigenvalue weighted by atomic mass is 9.93. The van der Waals surface area contributed by atoms with Gasteiger partial charge in [-0.1, -0.05) is 24.3 Å². The van der Waals surface area contributed by atoms with E-state index < -0.39 is 24.2 Å². The van der Waals surface area contributed by atoms with Crippen molar-refractivity contribution in [3.63, 3.8) is 0 Å². The van der Waals surface area contributed by atoms with E-state index in [-0.39, 0.29) is 0 Å². The van der Waals surface area contributed by atoms with Gasteiger partial charge in [0, 0.05) is 19.0 Å². The molecule has 0 spiro atoms. The number of anilines is 1. The number of rotatable bonds is 4. The second-order valence-corrected chi connectivity index (χ2v) is 4.79. The van der Waals surface area contributed by atoms with Crippen molar-refractivity contribution in [1.82, 2.24) is 5.43 Å². The highest BCUT2D eigenvalue weighted by atomic mass is 19.4. The third-order valence-corrected chi connectivity index (χ3v) is 3.09. The minimum atomic E-state index is -4.68. The van der Waals surface area contributed by atoms with Crippen molar-refractivity contribution < 1.29 is 22.7 Å². The lowest BCUT2D eigenvalue weighted by Crippen LogP contribution is -2.48. The summed E-state index contributed by atoms with van der Waals surface area (Å²) in [5.74, 6) is -0.978. The summed E-state index contributed by atoms with van der Waals surface area (Å²) in [5.41, 5.74) is 4.28. The Kier molecular flexibility index (Phi) is 4.44. The number of esters is 1. The molecule has 0 aromatic heterocycles. The number of halogens is 3. The van der Waals surface area contributed by atoms with Crippen LogP contribution in [0, 0.1) is 0 Å². The average Bonchev–Trinajstić information content (AvgIpc) is 2.46. The molecule has 0 amide bonds. The molecule has 0 heterocycles. The van der Waals surface area contributed by atoms with E-state index in [1.165, 1.54) is 12.2 Å². The summed E-state index contributed by atoms with van der Waals surface area (Å²) >= 11 is 0. The number of carbonyl (C=O) groups excluding carboxylic acids is 1. The van der Waals surface area contributed by atoms with E-state index in [4.69, 9.17) is 0 Å². The van der Waals surface area contributed by atoms with Gasteiger partial charge in [-0.15, -0.1) is 0 Å². The molecule has 0 saturated carbocycles. The number of hydrogen-bond donors (Lipinski definition) is 2. The first-order valence-corrected chi connectivity index (χ1v) is 6.55. The SMILES string of the molecule is CC(=O)OC1(C(F)(F)F)C=CC(NNc2ccccc2)=CC1. The minimum Gasteiger partial charge on any atom is -0.445 e. The molecule has 2 rings (SSSR count). The van der Waals surface area contributed by atoms with Crippen LogP contribution < -0.4 is 10.9 Å². The highest BCUT2D eigenvalue weighted by Crippen LogP contribution is 2.40. The van der Waals surface area contributed by atoms with Gasteiger partial charge in [0.2, 0.25) is 5.60 Å². The Labute approximate surface area is 125 Å². The second kappa shape index (κ2) is 6.13. The molecular weight excluding hydrogens is 297 g/mol. The lowest BCUT2D eigenvalue weighted by molar-refractivity contribution is -0.250. The molecular formula is C15H15F3N2O2. The Morgan fingerprint density at radius 3 is 2.41 bits per heavy atom. The fourth-order valence-corrected chi connectivity index (χ4v) is 1.98. The fraction of sp³-hybridized carbons (Fsp3) is 0.267. The van der Waals surface area contributed by atoms with Crippen LogP contribution in [0.4, 0.5) is 18.9 Å². The summed E-state index contributed by atoms with van der Waals surface area (Å²) in [6.45, 7) is 0.954. The maximum atomic E-state index is 13.1. The van der Waals surface area contributed by atoms with Gasteiger partial charge in [0.15, 0.2) is 0 Å². The number of nitrogens with one attached hydrogen (secondary N) is 2. The standard InChI is InChI=1S/C15H15F3N2O2/c1-11(21)22-14(15(16,17)18)9-7-13(8-10-14)20-19-12-5-3-2-4-6-12/h2-9,19-20H,10H2,1H3. The maximum absolute atomic E-state index is 13.1. The molecule has 1 atom stereocenters. The zero-order valence-electron chi connectivity index (χ0n) is 11.8. The first-order valence-electron chi connectivity index (χ1n) is 6.55. The molecule has 0 saturated heterocycles. The van der Waals surface area contributed by atoms with Crippen LogP contribution in [0.1, 0.15) is 13.3 Å². The van der Waals surface area contributed by atoms with E-state index in [1.807, 2.05) is 18.2 Å². The van der Waals surface area contributed by atoms with Gasteiger partial charge >= 0.3 is 12.1 Å². The number of alkyl halides is 3. The summed E-state index contributed by atoms with van der Waals surface area (Å²) in [6, 6.07) is 9.11. The predicted octanol–water partition coefficient (Wildman–Crippen LogP) is 3.31. The van der Waals surface area contributed by atoms with E-state index in [0.717, 1.165) is 18.7 Å². The highest BCUT2D eigenvalue weighted by Gasteiger charge is 2.56. The van der Waals surface area contributed by atoms with Crippen molar-refractivity contribution in [2.75, 3.05) is 5.43 Å². The summed E-state index contributed by atoms with van der Waals surface area (Å²) < 4.78 is 43.9. The molecule has 0 bridgehead atoms. The third kappa shape index (κ3) is 3.60. The van der Waals surface area contributed by atoms with Crippen molar-refractivity contribution in [3.8, 4) is 0 Å². The van der Waals surface area contributed by atoms with E-state index in [2.05, 4.69) is 15.6 Å². The molecule has 7 heteroatoms. The van der Waals surface area contributed by atoms with Crippen LogP contribution in [0.3, 0.4) is 0 Å². The fourth-order valence-electron chi connectivity index (χ4n) is 1.98. The molecule has 22 heavy (non-hydrogen) atoms. The molecule has 0 aliphatic heterocycles. The van der Waals surface area contributed by atoms with Gasteiger partial charge in [-0.2, -0.15) is 13.2 Å². The lowest BCUT2D eigenvalue weighted by Gasteiger charge is -2.33. The highest BCUT2D eigenvalue weighted by molar-refractivity contribution is 5.67. The van der Waals surface area contributed by atoms with Gasteiger partial charge in [-0.3, -0.25) is 4.79 Å². The molecule has 2 N–H and O–H groups in total. The Morgan fingerprint density at radius 1 is 1.23 bits per heavy atom. The number of ether oxygens (including phenoxy) is 1. The van der Waals surface area contributed by atoms with E-state index in [1.54, 1.807) is 12.1 Å².